The van der Waals surface area contributed by atoms with E-state index in [0.29, 0.717) is 17.3 Å². The summed E-state index contributed by atoms with van der Waals surface area (Å²) in [4.78, 5) is 14.7. The molecule has 0 spiro atoms. The third-order valence-electron chi connectivity index (χ3n) is 5.01. The molecule has 0 saturated carbocycles. The number of anilines is 1. The third-order valence-corrected chi connectivity index (χ3v) is 5.25. The minimum Gasteiger partial charge on any atom is -0.468 e. The van der Waals surface area contributed by atoms with E-state index >= 15 is 0 Å². The molecule has 5 nitrogen and oxygen atoms in total. The van der Waals surface area contributed by atoms with Gasteiger partial charge in [0.25, 0.3) is 0 Å². The Hall–Kier alpha value is -2.76. The SMILES string of the molecule is O=C(NC[C@H](c1ccco1)N1CCc2ccccc2C1)Nc1cccc(Cl)c1. The maximum absolute atomic E-state index is 12.4. The molecule has 1 aliphatic rings. The highest BCUT2D eigenvalue weighted by molar-refractivity contribution is 6.30. The molecule has 0 unspecified atom stereocenters. The van der Waals surface area contributed by atoms with Crippen LogP contribution in [0, 0.1) is 0 Å². The highest BCUT2D eigenvalue weighted by Crippen LogP contribution is 2.28. The van der Waals surface area contributed by atoms with Gasteiger partial charge in [-0.25, -0.2) is 4.79 Å². The quantitative estimate of drug-likeness (QED) is 0.649. The van der Waals surface area contributed by atoms with E-state index in [2.05, 4.69) is 39.8 Å². The maximum Gasteiger partial charge on any atom is 0.319 e. The molecule has 3 aromatic rings. The van der Waals surface area contributed by atoms with E-state index in [-0.39, 0.29) is 12.1 Å². The molecular weight excluding hydrogens is 374 g/mol. The Labute approximate surface area is 169 Å². The second kappa shape index (κ2) is 8.50. The average molecular weight is 396 g/mol. The molecular formula is C22H22ClN3O2. The van der Waals surface area contributed by atoms with Crippen molar-refractivity contribution in [2.45, 2.75) is 19.0 Å². The van der Waals surface area contributed by atoms with Gasteiger partial charge < -0.3 is 15.1 Å². The largest absolute Gasteiger partial charge is 0.468 e. The number of halogens is 1. The Bertz CT molecular complexity index is 942. The molecule has 1 aromatic heterocycles. The van der Waals surface area contributed by atoms with Crippen LogP contribution in [0.5, 0.6) is 0 Å². The molecule has 144 valence electrons. The zero-order valence-electron chi connectivity index (χ0n) is 15.4. The van der Waals surface area contributed by atoms with E-state index in [1.807, 2.05) is 12.1 Å². The van der Waals surface area contributed by atoms with Gasteiger partial charge in [-0.3, -0.25) is 4.90 Å². The molecule has 1 aliphatic heterocycles. The van der Waals surface area contributed by atoms with Crippen molar-refractivity contribution in [2.24, 2.45) is 0 Å². The monoisotopic (exact) mass is 395 g/mol. The van der Waals surface area contributed by atoms with E-state index in [1.54, 1.807) is 30.5 Å². The van der Waals surface area contributed by atoms with Crippen molar-refractivity contribution >= 4 is 23.3 Å². The van der Waals surface area contributed by atoms with E-state index in [4.69, 9.17) is 16.0 Å². The summed E-state index contributed by atoms with van der Waals surface area (Å²) in [6.07, 6.45) is 2.66. The lowest BCUT2D eigenvalue weighted by Crippen LogP contribution is -2.41. The Morgan fingerprint density at radius 1 is 1.11 bits per heavy atom. The van der Waals surface area contributed by atoms with Gasteiger partial charge >= 0.3 is 6.03 Å². The molecule has 28 heavy (non-hydrogen) atoms. The fourth-order valence-electron chi connectivity index (χ4n) is 3.60. The predicted octanol–water partition coefficient (Wildman–Crippen LogP) is 4.85. The molecule has 1 atom stereocenters. The second-order valence-corrected chi connectivity index (χ2v) is 7.30. The number of nitrogens with zero attached hydrogens (tertiary/aromatic N) is 1. The van der Waals surface area contributed by atoms with Crippen LogP contribution in [-0.4, -0.2) is 24.0 Å². The number of urea groups is 1. The van der Waals surface area contributed by atoms with Crippen LogP contribution in [0.15, 0.2) is 71.3 Å². The molecule has 4 rings (SSSR count). The number of amides is 2. The number of nitrogens with one attached hydrogen (secondary N) is 2. The molecule has 6 heteroatoms. The van der Waals surface area contributed by atoms with E-state index in [0.717, 1.165) is 25.3 Å². The van der Waals surface area contributed by atoms with Gasteiger partial charge in [-0.05, 0) is 47.9 Å². The van der Waals surface area contributed by atoms with Gasteiger partial charge in [0.1, 0.15) is 5.76 Å². The lowest BCUT2D eigenvalue weighted by molar-refractivity contribution is 0.156. The molecule has 0 saturated heterocycles. The minimum atomic E-state index is -0.267. The van der Waals surface area contributed by atoms with Crippen LogP contribution in [0.2, 0.25) is 5.02 Å². The zero-order chi connectivity index (χ0) is 19.3. The standard InChI is InChI=1S/C22H22ClN3O2/c23-18-7-3-8-19(13-18)25-22(27)24-14-20(21-9-4-12-28-21)26-11-10-16-5-1-2-6-17(16)15-26/h1-9,12-13,20H,10-11,14-15H2,(H2,24,25,27)/t20-/m1/s1. The lowest BCUT2D eigenvalue weighted by Gasteiger charge is -2.34. The van der Waals surface area contributed by atoms with Crippen molar-refractivity contribution in [1.29, 1.82) is 0 Å². The van der Waals surface area contributed by atoms with Crippen molar-refractivity contribution < 1.29 is 9.21 Å². The average Bonchev–Trinajstić information content (AvgIpc) is 3.22. The number of hydrogen-bond donors (Lipinski definition) is 2. The Morgan fingerprint density at radius 2 is 1.96 bits per heavy atom. The van der Waals surface area contributed by atoms with Crippen molar-refractivity contribution in [3.63, 3.8) is 0 Å². The molecule has 2 aromatic carbocycles. The Morgan fingerprint density at radius 3 is 2.75 bits per heavy atom. The first-order valence-electron chi connectivity index (χ1n) is 9.34. The van der Waals surface area contributed by atoms with Crippen LogP contribution >= 0.6 is 11.6 Å². The van der Waals surface area contributed by atoms with Crippen LogP contribution in [0.1, 0.15) is 22.9 Å². The van der Waals surface area contributed by atoms with E-state index in [9.17, 15) is 4.79 Å². The molecule has 2 heterocycles. The molecule has 0 bridgehead atoms. The van der Waals surface area contributed by atoms with Crippen LogP contribution in [0.4, 0.5) is 10.5 Å². The van der Waals surface area contributed by atoms with Crippen LogP contribution in [-0.2, 0) is 13.0 Å². The van der Waals surface area contributed by atoms with Gasteiger partial charge in [0, 0.05) is 30.3 Å². The third kappa shape index (κ3) is 4.38. The van der Waals surface area contributed by atoms with Gasteiger partial charge in [-0.15, -0.1) is 0 Å². The molecule has 0 fully saturated rings. The first-order chi connectivity index (χ1) is 13.7. The van der Waals surface area contributed by atoms with Crippen molar-refractivity contribution in [2.75, 3.05) is 18.4 Å². The summed E-state index contributed by atoms with van der Waals surface area (Å²) in [6.45, 7) is 2.20. The van der Waals surface area contributed by atoms with Gasteiger partial charge in [0.15, 0.2) is 0 Å². The second-order valence-electron chi connectivity index (χ2n) is 6.87. The van der Waals surface area contributed by atoms with Crippen LogP contribution in [0.25, 0.3) is 0 Å². The molecule has 0 aliphatic carbocycles. The Kier molecular flexibility index (Phi) is 5.65. The predicted molar refractivity (Wildman–Crippen MR) is 110 cm³/mol. The molecule has 2 amide bonds. The van der Waals surface area contributed by atoms with Crippen molar-refractivity contribution in [1.82, 2.24) is 10.2 Å². The summed E-state index contributed by atoms with van der Waals surface area (Å²) in [7, 11) is 0. The normalized spacial score (nSPS) is 14.9. The number of carbonyl (C=O) groups excluding carboxylic acids is 1. The number of fused-ring (bicyclic) bond motifs is 1. The summed E-state index contributed by atoms with van der Waals surface area (Å²) in [6, 6.07) is 19.1. The summed E-state index contributed by atoms with van der Waals surface area (Å²) >= 11 is 5.98. The highest BCUT2D eigenvalue weighted by atomic mass is 35.5. The van der Waals surface area contributed by atoms with Gasteiger partial charge in [0.2, 0.25) is 0 Å². The van der Waals surface area contributed by atoms with Crippen LogP contribution < -0.4 is 10.6 Å². The summed E-state index contributed by atoms with van der Waals surface area (Å²) < 4.78 is 5.67. The van der Waals surface area contributed by atoms with Crippen molar-refractivity contribution in [3.8, 4) is 0 Å². The number of hydrogen-bond acceptors (Lipinski definition) is 3. The number of furan rings is 1. The number of carbonyl (C=O) groups is 1. The smallest absolute Gasteiger partial charge is 0.319 e. The highest BCUT2D eigenvalue weighted by Gasteiger charge is 2.27. The maximum atomic E-state index is 12.4. The van der Waals surface area contributed by atoms with Gasteiger partial charge in [0.05, 0.1) is 12.3 Å². The Balaban J connectivity index is 1.43. The van der Waals surface area contributed by atoms with Crippen molar-refractivity contribution in [3.05, 3.63) is 88.8 Å². The topological polar surface area (TPSA) is 57.5 Å². The van der Waals surface area contributed by atoms with Gasteiger partial charge in [-0.1, -0.05) is 41.9 Å². The van der Waals surface area contributed by atoms with Gasteiger partial charge in [-0.2, -0.15) is 0 Å². The number of rotatable bonds is 5. The summed E-state index contributed by atoms with van der Waals surface area (Å²) in [5.74, 6) is 0.849. The van der Waals surface area contributed by atoms with Crippen LogP contribution in [0.3, 0.4) is 0 Å². The van der Waals surface area contributed by atoms with E-state index < -0.39 is 0 Å². The fourth-order valence-corrected chi connectivity index (χ4v) is 3.80. The summed E-state index contributed by atoms with van der Waals surface area (Å²) in [5, 5.41) is 6.37. The molecule has 2 N–H and O–H groups in total. The first-order valence-corrected chi connectivity index (χ1v) is 9.71. The first kappa shape index (κ1) is 18.6. The minimum absolute atomic E-state index is 0.0338. The summed E-state index contributed by atoms with van der Waals surface area (Å²) in [5.41, 5.74) is 3.38. The number of benzene rings is 2. The van der Waals surface area contributed by atoms with E-state index in [1.165, 1.54) is 11.1 Å². The zero-order valence-corrected chi connectivity index (χ0v) is 16.2. The fraction of sp³-hybridized carbons (Fsp3) is 0.227. The lowest BCUT2D eigenvalue weighted by atomic mass is 9.98. The molecule has 0 radical (unpaired) electrons.